The largest absolute Gasteiger partial charge is 0.416 e. The zero-order chi connectivity index (χ0) is 20.9. The fourth-order valence-electron chi connectivity index (χ4n) is 3.39. The van der Waals surface area contributed by atoms with Gasteiger partial charge in [0.1, 0.15) is 0 Å². The lowest BCUT2D eigenvalue weighted by Crippen LogP contribution is -2.44. The van der Waals surface area contributed by atoms with Gasteiger partial charge in [0.15, 0.2) is 0 Å². The minimum atomic E-state index is -4.43. The van der Waals surface area contributed by atoms with Gasteiger partial charge >= 0.3 is 6.18 Å². The van der Waals surface area contributed by atoms with E-state index in [1.165, 1.54) is 12.1 Å². The average Bonchev–Trinajstić information content (AvgIpc) is 2.70. The molecule has 1 aliphatic heterocycles. The van der Waals surface area contributed by atoms with E-state index in [9.17, 15) is 18.0 Å². The summed E-state index contributed by atoms with van der Waals surface area (Å²) in [5.41, 5.74) is 0.457. The van der Waals surface area contributed by atoms with Crippen molar-refractivity contribution in [2.75, 3.05) is 32.8 Å². The van der Waals surface area contributed by atoms with Crippen molar-refractivity contribution < 1.29 is 22.7 Å². The van der Waals surface area contributed by atoms with Gasteiger partial charge in [0.2, 0.25) is 5.91 Å². The van der Waals surface area contributed by atoms with Gasteiger partial charge in [-0.15, -0.1) is 0 Å². The lowest BCUT2D eigenvalue weighted by Gasteiger charge is -2.35. The molecule has 1 atom stereocenters. The molecule has 2 aromatic rings. The Kier molecular flexibility index (Phi) is 7.16. The van der Waals surface area contributed by atoms with Crippen molar-refractivity contribution >= 4 is 17.5 Å². The highest BCUT2D eigenvalue weighted by Crippen LogP contribution is 2.30. The Labute approximate surface area is 172 Å². The summed E-state index contributed by atoms with van der Waals surface area (Å²) in [5.74, 6) is -0.338. The number of carbonyl (C=O) groups excluding carboxylic acids is 1. The minimum absolute atomic E-state index is 0.123. The Morgan fingerprint density at radius 2 is 1.86 bits per heavy atom. The van der Waals surface area contributed by atoms with Gasteiger partial charge in [0, 0.05) is 24.7 Å². The quantitative estimate of drug-likeness (QED) is 0.756. The third kappa shape index (κ3) is 5.95. The van der Waals surface area contributed by atoms with Gasteiger partial charge in [0.25, 0.3) is 0 Å². The first-order valence-electron chi connectivity index (χ1n) is 9.33. The average molecular weight is 427 g/mol. The van der Waals surface area contributed by atoms with E-state index in [-0.39, 0.29) is 18.4 Å². The van der Waals surface area contributed by atoms with E-state index in [0.717, 1.165) is 17.7 Å². The van der Waals surface area contributed by atoms with Crippen LogP contribution in [0.2, 0.25) is 5.02 Å². The SMILES string of the molecule is O=C(Cc1cccc(C(F)(F)F)c1)NCC(c1ccccc1Cl)N1CCOCC1. The number of ether oxygens (including phenoxy) is 1. The topological polar surface area (TPSA) is 41.6 Å². The molecule has 0 radical (unpaired) electrons. The van der Waals surface area contributed by atoms with E-state index in [4.69, 9.17) is 16.3 Å². The van der Waals surface area contributed by atoms with Crippen LogP contribution in [0.4, 0.5) is 13.2 Å². The lowest BCUT2D eigenvalue weighted by atomic mass is 10.0. The first-order valence-corrected chi connectivity index (χ1v) is 9.71. The maximum atomic E-state index is 12.9. The minimum Gasteiger partial charge on any atom is -0.379 e. The zero-order valence-electron chi connectivity index (χ0n) is 15.7. The number of carbonyl (C=O) groups is 1. The van der Waals surface area contributed by atoms with E-state index in [1.807, 2.05) is 18.2 Å². The summed E-state index contributed by atoms with van der Waals surface area (Å²) in [6.45, 7) is 2.92. The van der Waals surface area contributed by atoms with Crippen LogP contribution in [-0.4, -0.2) is 43.7 Å². The van der Waals surface area contributed by atoms with E-state index in [0.29, 0.717) is 43.4 Å². The van der Waals surface area contributed by atoms with Crippen molar-refractivity contribution in [3.8, 4) is 0 Å². The summed E-state index contributed by atoms with van der Waals surface area (Å²) in [6, 6.07) is 12.1. The first-order chi connectivity index (χ1) is 13.8. The maximum absolute atomic E-state index is 12.9. The molecule has 0 aliphatic carbocycles. The highest BCUT2D eigenvalue weighted by Gasteiger charge is 2.30. The number of alkyl halides is 3. The standard InChI is InChI=1S/C21H22ClF3N2O2/c22-18-7-2-1-6-17(18)19(27-8-10-29-11-9-27)14-26-20(28)13-15-4-3-5-16(12-15)21(23,24)25/h1-7,12,19H,8-11,13-14H2,(H,26,28). The summed E-state index contributed by atoms with van der Waals surface area (Å²) in [5, 5.41) is 3.46. The van der Waals surface area contributed by atoms with Crippen LogP contribution in [0.5, 0.6) is 0 Å². The number of benzene rings is 2. The molecule has 29 heavy (non-hydrogen) atoms. The van der Waals surface area contributed by atoms with Gasteiger partial charge in [-0.2, -0.15) is 13.2 Å². The van der Waals surface area contributed by atoms with E-state index in [1.54, 1.807) is 6.07 Å². The van der Waals surface area contributed by atoms with Gasteiger partial charge in [-0.25, -0.2) is 0 Å². The van der Waals surface area contributed by atoms with Crippen molar-refractivity contribution in [3.63, 3.8) is 0 Å². The van der Waals surface area contributed by atoms with Crippen LogP contribution in [0.1, 0.15) is 22.7 Å². The number of nitrogens with one attached hydrogen (secondary N) is 1. The van der Waals surface area contributed by atoms with Gasteiger partial charge in [-0.1, -0.05) is 48.0 Å². The summed E-state index contributed by atoms with van der Waals surface area (Å²) in [7, 11) is 0. The zero-order valence-corrected chi connectivity index (χ0v) is 16.5. The Bertz CT molecular complexity index is 839. The van der Waals surface area contributed by atoms with Crippen LogP contribution in [-0.2, 0) is 22.1 Å². The van der Waals surface area contributed by atoms with Crippen LogP contribution in [0.25, 0.3) is 0 Å². The highest BCUT2D eigenvalue weighted by atomic mass is 35.5. The van der Waals surface area contributed by atoms with Gasteiger partial charge in [-0.05, 0) is 23.3 Å². The van der Waals surface area contributed by atoms with Crippen molar-refractivity contribution in [1.29, 1.82) is 0 Å². The predicted molar refractivity (Wildman–Crippen MR) is 105 cm³/mol. The molecule has 0 spiro atoms. The molecule has 1 heterocycles. The molecule has 1 N–H and O–H groups in total. The summed E-state index contributed by atoms with van der Waals surface area (Å²) < 4.78 is 44.0. The molecule has 1 amide bonds. The highest BCUT2D eigenvalue weighted by molar-refractivity contribution is 6.31. The molecule has 156 valence electrons. The first kappa shape index (κ1) is 21.6. The van der Waals surface area contributed by atoms with Crippen LogP contribution in [0.15, 0.2) is 48.5 Å². The fraction of sp³-hybridized carbons (Fsp3) is 0.381. The predicted octanol–water partition coefficient (Wildman–Crippen LogP) is 4.09. The van der Waals surface area contributed by atoms with Crippen molar-refractivity contribution in [3.05, 3.63) is 70.2 Å². The Balaban J connectivity index is 1.67. The molecule has 1 saturated heterocycles. The number of morpholine rings is 1. The molecule has 0 saturated carbocycles. The molecule has 2 aromatic carbocycles. The number of hydrogen-bond donors (Lipinski definition) is 1. The van der Waals surface area contributed by atoms with E-state index < -0.39 is 11.7 Å². The number of halogens is 4. The van der Waals surface area contributed by atoms with Crippen molar-refractivity contribution in [2.24, 2.45) is 0 Å². The third-order valence-corrected chi connectivity index (χ3v) is 5.21. The smallest absolute Gasteiger partial charge is 0.379 e. The molecule has 0 bridgehead atoms. The van der Waals surface area contributed by atoms with Crippen LogP contribution in [0, 0.1) is 0 Å². The molecule has 1 unspecified atom stereocenters. The molecule has 1 aliphatic rings. The number of hydrogen-bond acceptors (Lipinski definition) is 3. The van der Waals surface area contributed by atoms with Crippen molar-refractivity contribution in [1.82, 2.24) is 10.2 Å². The number of nitrogens with zero attached hydrogens (tertiary/aromatic N) is 1. The van der Waals surface area contributed by atoms with Crippen LogP contribution in [0.3, 0.4) is 0 Å². The fourth-order valence-corrected chi connectivity index (χ4v) is 3.65. The Morgan fingerprint density at radius 1 is 1.14 bits per heavy atom. The second-order valence-electron chi connectivity index (χ2n) is 6.86. The molecular weight excluding hydrogens is 405 g/mol. The summed E-state index contributed by atoms with van der Waals surface area (Å²) >= 11 is 6.37. The monoisotopic (exact) mass is 426 g/mol. The Morgan fingerprint density at radius 3 is 2.55 bits per heavy atom. The van der Waals surface area contributed by atoms with Crippen LogP contribution < -0.4 is 5.32 Å². The van der Waals surface area contributed by atoms with Gasteiger partial charge in [0.05, 0.1) is 31.2 Å². The normalized spacial score (nSPS) is 16.4. The third-order valence-electron chi connectivity index (χ3n) is 4.86. The molecule has 3 rings (SSSR count). The van der Waals surface area contributed by atoms with Gasteiger partial charge < -0.3 is 10.1 Å². The lowest BCUT2D eigenvalue weighted by molar-refractivity contribution is -0.137. The maximum Gasteiger partial charge on any atom is 0.416 e. The molecule has 1 fully saturated rings. The van der Waals surface area contributed by atoms with E-state index in [2.05, 4.69) is 10.2 Å². The van der Waals surface area contributed by atoms with E-state index >= 15 is 0 Å². The second-order valence-corrected chi connectivity index (χ2v) is 7.27. The second kappa shape index (κ2) is 9.61. The molecular formula is C21H22ClF3N2O2. The summed E-state index contributed by atoms with van der Waals surface area (Å²) in [6.07, 6.45) is -4.56. The van der Waals surface area contributed by atoms with Crippen LogP contribution >= 0.6 is 11.6 Å². The van der Waals surface area contributed by atoms with Gasteiger partial charge in [-0.3, -0.25) is 9.69 Å². The Hall–Kier alpha value is -2.09. The van der Waals surface area contributed by atoms with Crippen molar-refractivity contribution in [2.45, 2.75) is 18.6 Å². The summed E-state index contributed by atoms with van der Waals surface area (Å²) in [4.78, 5) is 14.6. The molecule has 8 heteroatoms. The molecule has 4 nitrogen and oxygen atoms in total. The number of amides is 1. The molecule has 0 aromatic heterocycles. The number of rotatable bonds is 6.